The zero-order chi connectivity index (χ0) is 18.5. The van der Waals surface area contributed by atoms with E-state index in [1.165, 1.54) is 4.90 Å². The Balaban J connectivity index is 1.44. The second-order valence-electron chi connectivity index (χ2n) is 6.46. The lowest BCUT2D eigenvalue weighted by Crippen LogP contribution is -2.52. The van der Waals surface area contributed by atoms with Gasteiger partial charge in [-0.25, -0.2) is 4.79 Å². The first-order chi connectivity index (χ1) is 12.6. The van der Waals surface area contributed by atoms with Crippen LogP contribution in [-0.4, -0.2) is 85.5 Å². The van der Waals surface area contributed by atoms with Crippen molar-refractivity contribution in [2.75, 3.05) is 52.9 Å². The lowest BCUT2D eigenvalue weighted by molar-refractivity contribution is -0.133. The van der Waals surface area contributed by atoms with E-state index in [1.54, 1.807) is 7.11 Å². The number of carbonyl (C=O) groups is 3. The highest BCUT2D eigenvalue weighted by atomic mass is 16.5. The quantitative estimate of drug-likeness (QED) is 0.795. The summed E-state index contributed by atoms with van der Waals surface area (Å²) in [6.45, 7) is 3.61. The van der Waals surface area contributed by atoms with E-state index in [0.717, 1.165) is 11.3 Å². The van der Waals surface area contributed by atoms with Crippen molar-refractivity contribution >= 4 is 17.8 Å². The van der Waals surface area contributed by atoms with E-state index in [4.69, 9.17) is 4.74 Å². The summed E-state index contributed by atoms with van der Waals surface area (Å²) in [6, 6.07) is 7.17. The second kappa shape index (κ2) is 8.18. The van der Waals surface area contributed by atoms with Crippen LogP contribution in [0.2, 0.25) is 0 Å². The number of nitrogens with zero attached hydrogens (tertiary/aromatic N) is 3. The van der Waals surface area contributed by atoms with Crippen molar-refractivity contribution in [3.8, 4) is 5.75 Å². The van der Waals surface area contributed by atoms with E-state index in [2.05, 4.69) is 5.32 Å². The lowest BCUT2D eigenvalue weighted by atomic mass is 10.1. The van der Waals surface area contributed by atoms with E-state index in [1.807, 2.05) is 34.1 Å². The monoisotopic (exact) mass is 360 g/mol. The van der Waals surface area contributed by atoms with Crippen LogP contribution in [0.4, 0.5) is 4.79 Å². The molecular weight excluding hydrogens is 336 g/mol. The van der Waals surface area contributed by atoms with E-state index in [9.17, 15) is 14.4 Å². The average Bonchev–Trinajstić information content (AvgIpc) is 3.09. The first-order valence-corrected chi connectivity index (χ1v) is 8.78. The fourth-order valence-electron chi connectivity index (χ4n) is 3.17. The number of benzene rings is 1. The molecule has 0 spiro atoms. The third-order valence-corrected chi connectivity index (χ3v) is 4.76. The van der Waals surface area contributed by atoms with Crippen LogP contribution in [0.15, 0.2) is 24.3 Å². The lowest BCUT2D eigenvalue weighted by Gasteiger charge is -2.34. The molecule has 1 N–H and O–H groups in total. The number of piperazine rings is 1. The molecule has 0 atom stereocenters. The van der Waals surface area contributed by atoms with Crippen molar-refractivity contribution in [3.63, 3.8) is 0 Å². The zero-order valence-corrected chi connectivity index (χ0v) is 14.9. The van der Waals surface area contributed by atoms with Crippen LogP contribution in [0, 0.1) is 0 Å². The highest BCUT2D eigenvalue weighted by Gasteiger charge is 2.29. The first-order valence-electron chi connectivity index (χ1n) is 8.78. The third-order valence-electron chi connectivity index (χ3n) is 4.76. The van der Waals surface area contributed by atoms with Crippen molar-refractivity contribution in [2.24, 2.45) is 0 Å². The summed E-state index contributed by atoms with van der Waals surface area (Å²) in [4.78, 5) is 41.2. The van der Waals surface area contributed by atoms with Crippen molar-refractivity contribution in [1.82, 2.24) is 20.0 Å². The van der Waals surface area contributed by atoms with Gasteiger partial charge in [-0.1, -0.05) is 12.1 Å². The standard InChI is InChI=1S/C18H24N4O4/c1-26-15-4-2-14(3-5-15)12-16(23)21-10-8-20(9-11-21)13-17(24)22-7-6-19-18(22)25/h2-5H,6-13H2,1H3,(H,19,25). The fraction of sp³-hybridized carbons (Fsp3) is 0.500. The molecule has 0 aromatic heterocycles. The number of imide groups is 1. The van der Waals surface area contributed by atoms with Crippen LogP contribution in [0.3, 0.4) is 0 Å². The maximum Gasteiger partial charge on any atom is 0.324 e. The fourth-order valence-corrected chi connectivity index (χ4v) is 3.17. The van der Waals surface area contributed by atoms with E-state index < -0.39 is 0 Å². The molecular formula is C18H24N4O4. The summed E-state index contributed by atoms with van der Waals surface area (Å²) in [6.07, 6.45) is 0.358. The Morgan fingerprint density at radius 1 is 1.04 bits per heavy atom. The summed E-state index contributed by atoms with van der Waals surface area (Å²) in [5.74, 6) is 0.671. The van der Waals surface area contributed by atoms with Crippen LogP contribution in [0.1, 0.15) is 5.56 Å². The zero-order valence-electron chi connectivity index (χ0n) is 14.9. The van der Waals surface area contributed by atoms with Gasteiger partial charge in [0.2, 0.25) is 11.8 Å². The molecule has 4 amide bonds. The Bertz CT molecular complexity index is 668. The number of rotatable bonds is 5. The Morgan fingerprint density at radius 2 is 1.73 bits per heavy atom. The van der Waals surface area contributed by atoms with Crippen LogP contribution in [0.25, 0.3) is 0 Å². The predicted octanol–water partition coefficient (Wildman–Crippen LogP) is -0.0663. The van der Waals surface area contributed by atoms with Gasteiger partial charge in [-0.3, -0.25) is 19.4 Å². The molecule has 2 fully saturated rings. The van der Waals surface area contributed by atoms with Gasteiger partial charge in [0.15, 0.2) is 0 Å². The summed E-state index contributed by atoms with van der Waals surface area (Å²) in [5.41, 5.74) is 0.952. The third kappa shape index (κ3) is 4.32. The van der Waals surface area contributed by atoms with Gasteiger partial charge >= 0.3 is 6.03 Å². The second-order valence-corrected chi connectivity index (χ2v) is 6.46. The van der Waals surface area contributed by atoms with Gasteiger partial charge < -0.3 is 15.0 Å². The molecule has 1 aromatic rings. The topological polar surface area (TPSA) is 82.2 Å². The summed E-state index contributed by atoms with van der Waals surface area (Å²) >= 11 is 0. The number of carbonyl (C=O) groups excluding carboxylic acids is 3. The molecule has 0 aliphatic carbocycles. The highest BCUT2D eigenvalue weighted by molar-refractivity contribution is 5.96. The van der Waals surface area contributed by atoms with Gasteiger partial charge in [0.1, 0.15) is 5.75 Å². The SMILES string of the molecule is COc1ccc(CC(=O)N2CCN(CC(=O)N3CCNC3=O)CC2)cc1. The van der Waals surface area contributed by atoms with Gasteiger partial charge in [-0.05, 0) is 17.7 Å². The van der Waals surface area contributed by atoms with Gasteiger partial charge in [-0.2, -0.15) is 0 Å². The Hall–Kier alpha value is -2.61. The molecule has 0 saturated carbocycles. The number of urea groups is 1. The minimum atomic E-state index is -0.316. The normalized spacial score (nSPS) is 18.0. The van der Waals surface area contributed by atoms with Gasteiger partial charge in [0, 0.05) is 39.3 Å². The molecule has 0 radical (unpaired) electrons. The minimum absolute atomic E-state index is 0.0834. The van der Waals surface area contributed by atoms with Crippen molar-refractivity contribution in [2.45, 2.75) is 6.42 Å². The van der Waals surface area contributed by atoms with E-state index >= 15 is 0 Å². The molecule has 3 rings (SSSR count). The highest BCUT2D eigenvalue weighted by Crippen LogP contribution is 2.13. The number of hydrogen-bond acceptors (Lipinski definition) is 5. The number of nitrogens with one attached hydrogen (secondary N) is 1. The summed E-state index contributed by atoms with van der Waals surface area (Å²) in [7, 11) is 1.61. The van der Waals surface area contributed by atoms with Gasteiger partial charge in [-0.15, -0.1) is 0 Å². The smallest absolute Gasteiger partial charge is 0.324 e. The number of methoxy groups -OCH3 is 1. The Morgan fingerprint density at radius 3 is 2.31 bits per heavy atom. The maximum absolute atomic E-state index is 12.5. The molecule has 2 heterocycles. The van der Waals surface area contributed by atoms with E-state index in [-0.39, 0.29) is 24.4 Å². The molecule has 1 aromatic carbocycles. The van der Waals surface area contributed by atoms with Crippen molar-refractivity contribution < 1.29 is 19.1 Å². The maximum atomic E-state index is 12.5. The average molecular weight is 360 g/mol. The van der Waals surface area contributed by atoms with Crippen LogP contribution in [0.5, 0.6) is 5.75 Å². The molecule has 0 unspecified atom stereocenters. The Kier molecular flexibility index (Phi) is 5.72. The molecule has 2 aliphatic heterocycles. The van der Waals surface area contributed by atoms with Crippen LogP contribution < -0.4 is 10.1 Å². The van der Waals surface area contributed by atoms with Crippen molar-refractivity contribution in [3.05, 3.63) is 29.8 Å². The minimum Gasteiger partial charge on any atom is -0.497 e. The summed E-state index contributed by atoms with van der Waals surface area (Å²) in [5, 5.41) is 2.63. The molecule has 26 heavy (non-hydrogen) atoms. The van der Waals surface area contributed by atoms with E-state index in [0.29, 0.717) is 45.7 Å². The van der Waals surface area contributed by atoms with Gasteiger partial charge in [0.05, 0.1) is 20.1 Å². The Labute approximate surface area is 152 Å². The molecule has 8 heteroatoms. The molecule has 8 nitrogen and oxygen atoms in total. The number of amides is 4. The molecule has 0 bridgehead atoms. The van der Waals surface area contributed by atoms with Crippen LogP contribution >= 0.6 is 0 Å². The van der Waals surface area contributed by atoms with Crippen LogP contribution in [-0.2, 0) is 16.0 Å². The van der Waals surface area contributed by atoms with Gasteiger partial charge in [0.25, 0.3) is 0 Å². The largest absolute Gasteiger partial charge is 0.497 e. The summed E-state index contributed by atoms with van der Waals surface area (Å²) < 4.78 is 5.12. The predicted molar refractivity (Wildman–Crippen MR) is 94.8 cm³/mol. The number of ether oxygens (including phenoxy) is 1. The molecule has 140 valence electrons. The van der Waals surface area contributed by atoms with Crippen molar-refractivity contribution in [1.29, 1.82) is 0 Å². The molecule has 2 aliphatic rings. The molecule has 2 saturated heterocycles. The first kappa shape index (κ1) is 18.2. The number of hydrogen-bond donors (Lipinski definition) is 1.